The molecule has 0 saturated heterocycles. The molecule has 1 aromatic rings. The number of carbonyl (C=O) groups excluding carboxylic acids is 1. The lowest BCUT2D eigenvalue weighted by molar-refractivity contribution is -0.147. The summed E-state index contributed by atoms with van der Waals surface area (Å²) in [6.07, 6.45) is 0. The summed E-state index contributed by atoms with van der Waals surface area (Å²) in [5.74, 6) is -0.272. The molecule has 0 aromatic heterocycles. The van der Waals surface area contributed by atoms with Crippen LogP contribution in [-0.4, -0.2) is 19.1 Å². The van der Waals surface area contributed by atoms with Crippen molar-refractivity contribution in [3.63, 3.8) is 0 Å². The van der Waals surface area contributed by atoms with Gasteiger partial charge in [-0.1, -0.05) is 35.0 Å². The van der Waals surface area contributed by atoms with Gasteiger partial charge in [-0.2, -0.15) is 0 Å². The molecular weight excluding hydrogens is 294 g/mol. The molecule has 0 radical (unpaired) electrons. The third kappa shape index (κ3) is 4.78. The maximum absolute atomic E-state index is 11.5. The molecule has 3 nitrogen and oxygen atoms in total. The number of hydrogen-bond donors (Lipinski definition) is 1. The molecular formula is C14H20BrNO2. The molecule has 1 N–H and O–H groups in total. The van der Waals surface area contributed by atoms with E-state index < -0.39 is 0 Å². The van der Waals surface area contributed by atoms with Gasteiger partial charge in [0.25, 0.3) is 0 Å². The van der Waals surface area contributed by atoms with Crippen molar-refractivity contribution in [2.45, 2.75) is 26.8 Å². The Bertz CT molecular complexity index is 395. The van der Waals surface area contributed by atoms with Gasteiger partial charge in [-0.25, -0.2) is 0 Å². The second-order valence-electron chi connectivity index (χ2n) is 4.34. The third-order valence-electron chi connectivity index (χ3n) is 2.77. The molecule has 1 unspecified atom stereocenters. The second-order valence-corrected chi connectivity index (χ2v) is 5.25. The molecule has 1 rings (SSSR count). The molecule has 0 saturated carbocycles. The zero-order valence-electron chi connectivity index (χ0n) is 11.1. The van der Waals surface area contributed by atoms with Crippen LogP contribution in [0.3, 0.4) is 0 Å². The summed E-state index contributed by atoms with van der Waals surface area (Å²) in [6, 6.07) is 8.35. The van der Waals surface area contributed by atoms with Crippen molar-refractivity contribution >= 4 is 21.9 Å². The summed E-state index contributed by atoms with van der Waals surface area (Å²) < 4.78 is 6.04. The van der Waals surface area contributed by atoms with Crippen molar-refractivity contribution in [2.24, 2.45) is 5.92 Å². The molecule has 0 spiro atoms. The van der Waals surface area contributed by atoms with Gasteiger partial charge in [0.15, 0.2) is 0 Å². The molecule has 2 atom stereocenters. The number of benzene rings is 1. The van der Waals surface area contributed by atoms with Crippen LogP contribution in [0.15, 0.2) is 28.7 Å². The van der Waals surface area contributed by atoms with Gasteiger partial charge in [-0.05, 0) is 31.5 Å². The van der Waals surface area contributed by atoms with Crippen LogP contribution in [0, 0.1) is 5.92 Å². The number of nitrogens with one attached hydrogen (secondary N) is 1. The molecule has 0 aliphatic rings. The maximum atomic E-state index is 11.5. The van der Waals surface area contributed by atoms with Gasteiger partial charge in [0.1, 0.15) is 0 Å². The normalized spacial score (nSPS) is 14.0. The van der Waals surface area contributed by atoms with Crippen LogP contribution in [0.25, 0.3) is 0 Å². The minimum Gasteiger partial charge on any atom is -0.466 e. The molecule has 0 amide bonds. The van der Waals surface area contributed by atoms with E-state index in [1.807, 2.05) is 26.0 Å². The van der Waals surface area contributed by atoms with Crippen molar-refractivity contribution in [3.05, 3.63) is 34.3 Å². The fraction of sp³-hybridized carbons (Fsp3) is 0.500. The van der Waals surface area contributed by atoms with Crippen LogP contribution in [0.5, 0.6) is 0 Å². The Morgan fingerprint density at radius 3 is 2.78 bits per heavy atom. The van der Waals surface area contributed by atoms with E-state index in [4.69, 9.17) is 4.74 Å². The summed E-state index contributed by atoms with van der Waals surface area (Å²) in [5, 5.41) is 3.34. The Balaban J connectivity index is 2.46. The highest BCUT2D eigenvalue weighted by Crippen LogP contribution is 2.18. The first-order valence-corrected chi connectivity index (χ1v) is 6.99. The van der Waals surface area contributed by atoms with Crippen molar-refractivity contribution in [1.82, 2.24) is 5.32 Å². The summed E-state index contributed by atoms with van der Waals surface area (Å²) in [7, 11) is 0. The van der Waals surface area contributed by atoms with Crippen molar-refractivity contribution in [1.29, 1.82) is 0 Å². The van der Waals surface area contributed by atoms with Crippen molar-refractivity contribution in [3.8, 4) is 0 Å². The topological polar surface area (TPSA) is 38.3 Å². The minimum atomic E-state index is -0.147. The second kappa shape index (κ2) is 7.54. The average molecular weight is 314 g/mol. The smallest absolute Gasteiger partial charge is 0.309 e. The quantitative estimate of drug-likeness (QED) is 0.819. The molecule has 0 bridgehead atoms. The number of halogens is 1. The monoisotopic (exact) mass is 313 g/mol. The average Bonchev–Trinajstić information content (AvgIpc) is 2.35. The van der Waals surface area contributed by atoms with Gasteiger partial charge in [0.05, 0.1) is 12.5 Å². The fourth-order valence-electron chi connectivity index (χ4n) is 1.62. The number of ether oxygens (including phenoxy) is 1. The zero-order valence-corrected chi connectivity index (χ0v) is 12.7. The largest absolute Gasteiger partial charge is 0.466 e. The van der Waals surface area contributed by atoms with Crippen LogP contribution < -0.4 is 5.32 Å². The Labute approximate surface area is 117 Å². The molecule has 0 aliphatic heterocycles. The summed E-state index contributed by atoms with van der Waals surface area (Å²) in [4.78, 5) is 11.5. The van der Waals surface area contributed by atoms with Gasteiger partial charge in [0.2, 0.25) is 0 Å². The highest BCUT2D eigenvalue weighted by atomic mass is 79.9. The van der Waals surface area contributed by atoms with Gasteiger partial charge in [-0.3, -0.25) is 4.79 Å². The van der Waals surface area contributed by atoms with E-state index in [1.54, 1.807) is 0 Å². The molecule has 100 valence electrons. The lowest BCUT2D eigenvalue weighted by Crippen LogP contribution is -2.29. The Hall–Kier alpha value is -0.870. The van der Waals surface area contributed by atoms with Gasteiger partial charge >= 0.3 is 5.97 Å². The maximum Gasteiger partial charge on any atom is 0.309 e. The lowest BCUT2D eigenvalue weighted by Gasteiger charge is -2.17. The van der Waals surface area contributed by atoms with Crippen LogP contribution in [0.1, 0.15) is 32.4 Å². The first-order valence-electron chi connectivity index (χ1n) is 6.20. The summed E-state index contributed by atoms with van der Waals surface area (Å²) >= 11 is 3.45. The first kappa shape index (κ1) is 15.2. The van der Waals surface area contributed by atoms with E-state index >= 15 is 0 Å². The number of hydrogen-bond acceptors (Lipinski definition) is 3. The van der Waals surface area contributed by atoms with E-state index in [-0.39, 0.29) is 17.9 Å². The predicted molar refractivity (Wildman–Crippen MR) is 76.4 cm³/mol. The van der Waals surface area contributed by atoms with E-state index in [0.29, 0.717) is 13.2 Å². The predicted octanol–water partition coefficient (Wildman–Crippen LogP) is 3.30. The van der Waals surface area contributed by atoms with Crippen molar-refractivity contribution in [2.75, 3.05) is 13.2 Å². The SMILES string of the molecule is CCOC(=O)C(C)CN[C@@H](C)c1cccc(Br)c1. The molecule has 18 heavy (non-hydrogen) atoms. The summed E-state index contributed by atoms with van der Waals surface area (Å²) in [5.41, 5.74) is 1.19. The van der Waals surface area contributed by atoms with Crippen molar-refractivity contribution < 1.29 is 9.53 Å². The van der Waals surface area contributed by atoms with Crippen LogP contribution in [0.2, 0.25) is 0 Å². The van der Waals surface area contributed by atoms with Gasteiger partial charge < -0.3 is 10.1 Å². The third-order valence-corrected chi connectivity index (χ3v) is 3.26. The molecule has 4 heteroatoms. The number of carbonyl (C=O) groups is 1. The van der Waals surface area contributed by atoms with Crippen LogP contribution >= 0.6 is 15.9 Å². The van der Waals surface area contributed by atoms with Gasteiger partial charge in [-0.15, -0.1) is 0 Å². The van der Waals surface area contributed by atoms with Crippen LogP contribution in [-0.2, 0) is 9.53 Å². The molecule has 0 aliphatic carbocycles. The van der Waals surface area contributed by atoms with E-state index in [1.165, 1.54) is 5.56 Å². The molecule has 1 aromatic carbocycles. The Kier molecular flexibility index (Phi) is 6.36. The Morgan fingerprint density at radius 1 is 1.44 bits per heavy atom. The zero-order chi connectivity index (χ0) is 13.5. The minimum absolute atomic E-state index is 0.125. The number of rotatable bonds is 6. The van der Waals surface area contributed by atoms with E-state index in [9.17, 15) is 4.79 Å². The first-order chi connectivity index (χ1) is 8.54. The standard InChI is InChI=1S/C14H20BrNO2/c1-4-18-14(17)10(2)9-16-11(3)12-6-5-7-13(15)8-12/h5-8,10-11,16H,4,9H2,1-3H3/t10?,11-/m0/s1. The van der Waals surface area contributed by atoms with E-state index in [0.717, 1.165) is 4.47 Å². The molecule has 0 heterocycles. The van der Waals surface area contributed by atoms with Gasteiger partial charge in [0, 0.05) is 17.1 Å². The highest BCUT2D eigenvalue weighted by molar-refractivity contribution is 9.10. The fourth-order valence-corrected chi connectivity index (χ4v) is 2.03. The lowest BCUT2D eigenvalue weighted by atomic mass is 10.1. The summed E-state index contributed by atoms with van der Waals surface area (Å²) in [6.45, 7) is 6.83. The van der Waals surface area contributed by atoms with Crippen LogP contribution in [0.4, 0.5) is 0 Å². The van der Waals surface area contributed by atoms with E-state index in [2.05, 4.69) is 40.3 Å². The molecule has 0 fully saturated rings. The highest BCUT2D eigenvalue weighted by Gasteiger charge is 2.15. The Morgan fingerprint density at radius 2 is 2.17 bits per heavy atom. The number of esters is 1.